The summed E-state index contributed by atoms with van der Waals surface area (Å²) < 4.78 is 5.25. The maximum Gasteiger partial charge on any atom is 0.227 e. The SMILES string of the molecule is COc1ccc([C@H](NC(=O)[C@@H]2CC(=O)N(c3ccccc3Cl)C2)c2ccccc2)cc1. The molecule has 3 aromatic carbocycles. The van der Waals surface area contributed by atoms with Crippen LogP contribution in [0.3, 0.4) is 0 Å². The fraction of sp³-hybridized carbons (Fsp3) is 0.200. The van der Waals surface area contributed by atoms with Gasteiger partial charge in [0.2, 0.25) is 11.8 Å². The molecule has 0 aliphatic carbocycles. The van der Waals surface area contributed by atoms with Crippen molar-refractivity contribution >= 4 is 29.1 Å². The number of methoxy groups -OCH3 is 1. The Balaban J connectivity index is 1.55. The van der Waals surface area contributed by atoms with Crippen LogP contribution in [0.5, 0.6) is 5.75 Å². The maximum absolute atomic E-state index is 13.2. The number of anilines is 1. The third-order valence-corrected chi connectivity index (χ3v) is 5.83. The van der Waals surface area contributed by atoms with E-state index in [9.17, 15) is 9.59 Å². The smallest absolute Gasteiger partial charge is 0.227 e. The molecule has 0 spiro atoms. The topological polar surface area (TPSA) is 58.6 Å². The number of nitrogens with zero attached hydrogens (tertiary/aromatic N) is 1. The maximum atomic E-state index is 13.2. The van der Waals surface area contributed by atoms with E-state index in [0.29, 0.717) is 17.3 Å². The minimum absolute atomic E-state index is 0.103. The van der Waals surface area contributed by atoms with Gasteiger partial charge in [0, 0.05) is 13.0 Å². The third kappa shape index (κ3) is 4.57. The predicted octanol–water partition coefficient (Wildman–Crippen LogP) is 4.61. The Kier molecular flexibility index (Phi) is 6.23. The van der Waals surface area contributed by atoms with Crippen LogP contribution in [-0.4, -0.2) is 25.5 Å². The Bertz CT molecular complexity index is 1070. The van der Waals surface area contributed by atoms with Gasteiger partial charge in [-0.2, -0.15) is 0 Å². The molecule has 1 saturated heterocycles. The van der Waals surface area contributed by atoms with E-state index in [1.54, 1.807) is 24.1 Å². The molecule has 6 heteroatoms. The van der Waals surface area contributed by atoms with Crippen molar-refractivity contribution in [2.75, 3.05) is 18.6 Å². The average molecular weight is 435 g/mol. The zero-order chi connectivity index (χ0) is 21.8. The Morgan fingerprint density at radius 3 is 2.32 bits per heavy atom. The van der Waals surface area contributed by atoms with Gasteiger partial charge in [-0.3, -0.25) is 9.59 Å². The largest absolute Gasteiger partial charge is 0.497 e. The first kappa shape index (κ1) is 20.9. The van der Waals surface area contributed by atoms with Gasteiger partial charge in [0.15, 0.2) is 0 Å². The molecular weight excluding hydrogens is 412 g/mol. The Morgan fingerprint density at radius 1 is 1.00 bits per heavy atom. The first-order valence-electron chi connectivity index (χ1n) is 10.1. The van der Waals surface area contributed by atoms with Crippen LogP contribution in [0, 0.1) is 5.92 Å². The molecule has 5 nitrogen and oxygen atoms in total. The highest BCUT2D eigenvalue weighted by Gasteiger charge is 2.36. The van der Waals surface area contributed by atoms with Crippen molar-refractivity contribution in [2.45, 2.75) is 12.5 Å². The van der Waals surface area contributed by atoms with Crippen molar-refractivity contribution in [3.63, 3.8) is 0 Å². The molecule has 0 saturated carbocycles. The van der Waals surface area contributed by atoms with Crippen LogP contribution in [0.15, 0.2) is 78.9 Å². The highest BCUT2D eigenvalue weighted by molar-refractivity contribution is 6.33. The molecule has 1 aliphatic heterocycles. The molecule has 31 heavy (non-hydrogen) atoms. The fourth-order valence-electron chi connectivity index (χ4n) is 3.85. The standard InChI is InChI=1S/C25H23ClN2O3/c1-31-20-13-11-18(12-14-20)24(17-7-3-2-4-8-17)27-25(30)19-15-23(29)28(16-19)22-10-6-5-9-21(22)26/h2-14,19,24H,15-16H2,1H3,(H,27,30)/t19-,24-/m1/s1. The van der Waals surface area contributed by atoms with Crippen molar-refractivity contribution < 1.29 is 14.3 Å². The molecule has 2 atom stereocenters. The average Bonchev–Trinajstić information content (AvgIpc) is 3.20. The number of halogens is 1. The summed E-state index contributed by atoms with van der Waals surface area (Å²) in [4.78, 5) is 27.4. The van der Waals surface area contributed by atoms with Gasteiger partial charge in [0.1, 0.15) is 5.75 Å². The molecular formula is C25H23ClN2O3. The van der Waals surface area contributed by atoms with Gasteiger partial charge in [0.05, 0.1) is 29.8 Å². The fourth-order valence-corrected chi connectivity index (χ4v) is 4.09. The predicted molar refractivity (Wildman–Crippen MR) is 121 cm³/mol. The summed E-state index contributed by atoms with van der Waals surface area (Å²) in [6.45, 7) is 0.304. The van der Waals surface area contributed by atoms with Gasteiger partial charge in [0.25, 0.3) is 0 Å². The molecule has 3 aromatic rings. The molecule has 0 aromatic heterocycles. The molecule has 0 unspecified atom stereocenters. The van der Waals surface area contributed by atoms with Crippen LogP contribution in [-0.2, 0) is 9.59 Å². The molecule has 0 bridgehead atoms. The molecule has 1 N–H and O–H groups in total. The summed E-state index contributed by atoms with van der Waals surface area (Å²) in [5.41, 5.74) is 2.54. The molecule has 1 fully saturated rings. The Morgan fingerprint density at radius 2 is 1.65 bits per heavy atom. The minimum Gasteiger partial charge on any atom is -0.497 e. The van der Waals surface area contributed by atoms with Crippen molar-refractivity contribution in [1.82, 2.24) is 5.32 Å². The van der Waals surface area contributed by atoms with Gasteiger partial charge in [-0.25, -0.2) is 0 Å². The summed E-state index contributed by atoms with van der Waals surface area (Å²) in [7, 11) is 1.62. The molecule has 1 heterocycles. The van der Waals surface area contributed by atoms with E-state index in [0.717, 1.165) is 16.9 Å². The molecule has 0 radical (unpaired) electrons. The van der Waals surface area contributed by atoms with Crippen LogP contribution in [0.1, 0.15) is 23.6 Å². The number of carbonyl (C=O) groups is 2. The number of carbonyl (C=O) groups excluding carboxylic acids is 2. The van der Waals surface area contributed by atoms with Crippen LogP contribution in [0.4, 0.5) is 5.69 Å². The van der Waals surface area contributed by atoms with Crippen LogP contribution in [0.2, 0.25) is 5.02 Å². The number of ether oxygens (including phenoxy) is 1. The van der Waals surface area contributed by atoms with Crippen molar-refractivity contribution in [1.29, 1.82) is 0 Å². The lowest BCUT2D eigenvalue weighted by atomic mass is 9.97. The van der Waals surface area contributed by atoms with Crippen LogP contribution < -0.4 is 15.0 Å². The summed E-state index contributed by atoms with van der Waals surface area (Å²) in [6, 6.07) is 24.2. The van der Waals surface area contributed by atoms with Crippen molar-refractivity contribution in [2.24, 2.45) is 5.92 Å². The van der Waals surface area contributed by atoms with E-state index in [-0.39, 0.29) is 24.3 Å². The summed E-state index contributed by atoms with van der Waals surface area (Å²) >= 11 is 6.26. The summed E-state index contributed by atoms with van der Waals surface area (Å²) in [6.07, 6.45) is 0.154. The first-order valence-corrected chi connectivity index (χ1v) is 10.5. The molecule has 2 amide bonds. The van der Waals surface area contributed by atoms with Crippen LogP contribution >= 0.6 is 11.6 Å². The monoisotopic (exact) mass is 434 g/mol. The van der Waals surface area contributed by atoms with Gasteiger partial charge >= 0.3 is 0 Å². The zero-order valence-corrected chi connectivity index (χ0v) is 17.9. The zero-order valence-electron chi connectivity index (χ0n) is 17.1. The number of hydrogen-bond donors (Lipinski definition) is 1. The van der Waals surface area contributed by atoms with E-state index < -0.39 is 5.92 Å². The van der Waals surface area contributed by atoms with Gasteiger partial charge in [-0.15, -0.1) is 0 Å². The normalized spacial score (nSPS) is 16.8. The minimum atomic E-state index is -0.451. The van der Waals surface area contributed by atoms with Crippen molar-refractivity contribution in [3.05, 3.63) is 95.0 Å². The molecule has 4 rings (SSSR count). The van der Waals surface area contributed by atoms with Crippen molar-refractivity contribution in [3.8, 4) is 5.75 Å². The second-order valence-corrected chi connectivity index (χ2v) is 7.89. The number of amides is 2. The second-order valence-electron chi connectivity index (χ2n) is 7.48. The lowest BCUT2D eigenvalue weighted by Crippen LogP contribution is -2.36. The Hall–Kier alpha value is -3.31. The number of benzene rings is 3. The number of rotatable bonds is 6. The van der Waals surface area contributed by atoms with E-state index in [1.807, 2.05) is 66.7 Å². The number of para-hydroxylation sites is 1. The van der Waals surface area contributed by atoms with E-state index in [2.05, 4.69) is 5.32 Å². The van der Waals surface area contributed by atoms with E-state index in [4.69, 9.17) is 16.3 Å². The molecule has 158 valence electrons. The van der Waals surface area contributed by atoms with E-state index >= 15 is 0 Å². The van der Waals surface area contributed by atoms with Gasteiger partial charge < -0.3 is 15.0 Å². The van der Waals surface area contributed by atoms with Gasteiger partial charge in [-0.05, 0) is 35.4 Å². The third-order valence-electron chi connectivity index (χ3n) is 5.51. The highest BCUT2D eigenvalue weighted by Crippen LogP contribution is 2.32. The molecule has 1 aliphatic rings. The van der Waals surface area contributed by atoms with E-state index in [1.165, 1.54) is 0 Å². The lowest BCUT2D eigenvalue weighted by molar-refractivity contribution is -0.126. The lowest BCUT2D eigenvalue weighted by Gasteiger charge is -2.22. The van der Waals surface area contributed by atoms with Gasteiger partial charge in [-0.1, -0.05) is 66.2 Å². The second kappa shape index (κ2) is 9.23. The quantitative estimate of drug-likeness (QED) is 0.616. The number of hydrogen-bond acceptors (Lipinski definition) is 3. The number of nitrogens with one attached hydrogen (secondary N) is 1. The van der Waals surface area contributed by atoms with Crippen LogP contribution in [0.25, 0.3) is 0 Å². The highest BCUT2D eigenvalue weighted by atomic mass is 35.5. The summed E-state index contributed by atoms with van der Waals surface area (Å²) in [5, 5.41) is 3.64. The Labute approximate surface area is 186 Å². The summed E-state index contributed by atoms with van der Waals surface area (Å²) in [5.74, 6) is 0.0356. The first-order chi connectivity index (χ1) is 15.1.